The Bertz CT molecular complexity index is 4350. The number of ether oxygens (including phenoxy) is 1. The van der Waals surface area contributed by atoms with E-state index in [0.717, 1.165) is 49.6 Å². The summed E-state index contributed by atoms with van der Waals surface area (Å²) in [7, 11) is 0. The molecule has 12 rings (SSSR count). The first-order valence-corrected chi connectivity index (χ1v) is 23.3. The Balaban J connectivity index is 1.02. The molecule has 0 saturated heterocycles. The third-order valence-electron chi connectivity index (χ3n) is 13.0. The molecule has 3 aromatic heterocycles. The van der Waals surface area contributed by atoms with Crippen molar-refractivity contribution < 1.29 is 24.4 Å². The molecule has 336 valence electrons. The number of rotatable bonds is 12. The summed E-state index contributed by atoms with van der Waals surface area (Å²) in [5.41, 5.74) is 8.70. The SMILES string of the molecule is [2H]c1c([2H])c([2H])c(-c2cccc(-c3c([2H])c([2H])c([2H])c([2H])c3[2H])c2-[n+]2[c-]n(-c3cccc(Oc4ccc5c6cc(-c7ccccc7)ccc6n(-c6cc(C([2H])(CC)CC)c(-c7ccccc7)cn6)c5c4)c3)c3ccccc32)c([2H])c1[2H]. The first kappa shape index (κ1) is 32.0. The van der Waals surface area contributed by atoms with Crippen molar-refractivity contribution in [2.45, 2.75) is 32.6 Å². The van der Waals surface area contributed by atoms with Crippen LogP contribution in [0.5, 0.6) is 11.5 Å². The van der Waals surface area contributed by atoms with Crippen molar-refractivity contribution in [2.24, 2.45) is 0 Å². The molecule has 0 radical (unpaired) electrons. The summed E-state index contributed by atoms with van der Waals surface area (Å²) < 4.78 is 110. The van der Waals surface area contributed by atoms with Gasteiger partial charge in [-0.2, -0.15) is 0 Å². The molecule has 5 nitrogen and oxygen atoms in total. The molecule has 0 N–H and O–H groups in total. The fourth-order valence-corrected chi connectivity index (χ4v) is 9.66. The van der Waals surface area contributed by atoms with Crippen molar-refractivity contribution in [3.05, 3.63) is 248 Å². The molecular formula is C65H50N4O. The molecule has 0 fully saturated rings. The molecule has 0 aliphatic rings. The van der Waals surface area contributed by atoms with Crippen LogP contribution in [0.15, 0.2) is 236 Å². The van der Waals surface area contributed by atoms with E-state index in [0.29, 0.717) is 46.9 Å². The predicted octanol–water partition coefficient (Wildman–Crippen LogP) is 16.6. The van der Waals surface area contributed by atoms with Gasteiger partial charge in [-0.3, -0.25) is 13.7 Å². The van der Waals surface area contributed by atoms with Gasteiger partial charge in [0.05, 0.1) is 47.1 Å². The molecule has 0 aliphatic carbocycles. The predicted molar refractivity (Wildman–Crippen MR) is 287 cm³/mol. The number of pyridine rings is 1. The van der Waals surface area contributed by atoms with Crippen molar-refractivity contribution in [3.8, 4) is 73.2 Å². The summed E-state index contributed by atoms with van der Waals surface area (Å²) in [6, 6.07) is 49.2. The van der Waals surface area contributed by atoms with E-state index in [1.54, 1.807) is 27.3 Å². The van der Waals surface area contributed by atoms with Crippen LogP contribution in [0, 0.1) is 6.33 Å². The molecule has 0 spiro atoms. The molecule has 9 aromatic carbocycles. The lowest BCUT2D eigenvalue weighted by atomic mass is 9.88. The molecule has 5 heteroatoms. The highest BCUT2D eigenvalue weighted by Gasteiger charge is 2.22. The van der Waals surface area contributed by atoms with Gasteiger partial charge in [-0.15, -0.1) is 0 Å². The second kappa shape index (κ2) is 18.4. The van der Waals surface area contributed by atoms with Gasteiger partial charge in [0.25, 0.3) is 6.33 Å². The molecular weight excluding hydrogens is 853 g/mol. The van der Waals surface area contributed by atoms with Crippen LogP contribution < -0.4 is 9.30 Å². The van der Waals surface area contributed by atoms with E-state index in [1.807, 2.05) is 103 Å². The van der Waals surface area contributed by atoms with Crippen molar-refractivity contribution in [2.75, 3.05) is 0 Å². The number of fused-ring (bicyclic) bond motifs is 4. The molecule has 3 heterocycles. The second-order valence-electron chi connectivity index (χ2n) is 16.9. The van der Waals surface area contributed by atoms with E-state index in [2.05, 4.69) is 79.3 Å². The number of benzene rings is 9. The van der Waals surface area contributed by atoms with E-state index in [4.69, 9.17) is 23.4 Å². The van der Waals surface area contributed by atoms with Crippen LogP contribution in [0.2, 0.25) is 0 Å². The Morgan fingerprint density at radius 2 is 1.20 bits per heavy atom. The average molecular weight is 914 g/mol. The Labute approximate surface area is 424 Å². The topological polar surface area (TPSA) is 35.9 Å². The normalized spacial score (nSPS) is 13.9. The van der Waals surface area contributed by atoms with Crippen LogP contribution in [0.4, 0.5) is 0 Å². The monoisotopic (exact) mass is 913 g/mol. The lowest BCUT2D eigenvalue weighted by Crippen LogP contribution is -2.31. The van der Waals surface area contributed by atoms with Crippen molar-refractivity contribution in [1.82, 2.24) is 14.1 Å². The quantitative estimate of drug-likeness (QED) is 0.0904. The van der Waals surface area contributed by atoms with Gasteiger partial charge in [-0.1, -0.05) is 190 Å². The highest BCUT2D eigenvalue weighted by atomic mass is 16.5. The van der Waals surface area contributed by atoms with Gasteiger partial charge in [0.1, 0.15) is 17.3 Å². The summed E-state index contributed by atoms with van der Waals surface area (Å²) >= 11 is 0. The maximum Gasteiger partial charge on any atom is 0.269 e. The lowest BCUT2D eigenvalue weighted by Gasteiger charge is -2.20. The smallest absolute Gasteiger partial charge is 0.269 e. The highest BCUT2D eigenvalue weighted by molar-refractivity contribution is 6.10. The van der Waals surface area contributed by atoms with Gasteiger partial charge in [-0.25, -0.2) is 4.98 Å². The first-order valence-electron chi connectivity index (χ1n) is 28.8. The highest BCUT2D eigenvalue weighted by Crippen LogP contribution is 2.40. The zero-order chi connectivity index (χ0) is 56.6. The van der Waals surface area contributed by atoms with Crippen molar-refractivity contribution in [1.29, 1.82) is 0 Å². The fraction of sp³-hybridized carbons (Fsp3) is 0.0769. The van der Waals surface area contributed by atoms with Crippen LogP contribution in [-0.2, 0) is 0 Å². The largest absolute Gasteiger partial charge is 0.458 e. The zero-order valence-electron chi connectivity index (χ0n) is 49.4. The third-order valence-corrected chi connectivity index (χ3v) is 13.0. The van der Waals surface area contributed by atoms with Gasteiger partial charge in [0.15, 0.2) is 0 Å². The van der Waals surface area contributed by atoms with Crippen molar-refractivity contribution in [3.63, 3.8) is 0 Å². The molecule has 0 bridgehead atoms. The Morgan fingerprint density at radius 1 is 0.543 bits per heavy atom. The first-order chi connectivity index (χ1) is 39.1. The van der Waals surface area contributed by atoms with Crippen LogP contribution in [0.1, 0.15) is 53.2 Å². The third kappa shape index (κ3) is 7.72. The standard InChI is InChI=1S/C65H50N4O/c1-3-45(4-2)57-42-64(66-43-59(57)49-27-15-8-16-28-49)69-60-38-35-50(46-21-9-5-10-22-46)39-58(60)56-37-36-53(41-63(56)69)70-52-30-19-29-51(40-52)67-44-68(62-34-18-17-33-61(62)67)65-54(47-23-11-6-12-24-47)31-20-32-55(65)48-25-13-7-14-26-48/h5-43,45H,3-4H2,1-2H3/i6D,7D,11D,12D,13D,14D,23D,24D,25D,26D,45D. The molecule has 0 amide bonds. The van der Waals surface area contributed by atoms with Gasteiger partial charge in [0, 0.05) is 30.0 Å². The number of aromatic nitrogens is 4. The molecule has 0 saturated carbocycles. The molecule has 70 heavy (non-hydrogen) atoms. The second-order valence-corrected chi connectivity index (χ2v) is 16.9. The Morgan fingerprint density at radius 3 is 1.91 bits per heavy atom. The maximum absolute atomic E-state index is 9.78. The van der Waals surface area contributed by atoms with Crippen LogP contribution >= 0.6 is 0 Å². The summed E-state index contributed by atoms with van der Waals surface area (Å²) in [6.45, 7) is 4.11. The minimum absolute atomic E-state index is 0.141. The Kier molecular flexibility index (Phi) is 8.40. The molecule has 0 unspecified atom stereocenters. The molecule has 0 aliphatic heterocycles. The summed E-state index contributed by atoms with van der Waals surface area (Å²) in [5, 5.41) is 2.00. The average Bonchev–Trinajstić information content (AvgIpc) is 4.17. The van der Waals surface area contributed by atoms with E-state index >= 15 is 0 Å². The van der Waals surface area contributed by atoms with E-state index in [9.17, 15) is 1.37 Å². The van der Waals surface area contributed by atoms with E-state index < -0.39 is 66.3 Å². The minimum Gasteiger partial charge on any atom is -0.458 e. The van der Waals surface area contributed by atoms with Gasteiger partial charge in [-0.05, 0) is 112 Å². The Hall–Kier alpha value is -8.80. The summed E-state index contributed by atoms with van der Waals surface area (Å²) in [5.74, 6) is 0.803. The van der Waals surface area contributed by atoms with Gasteiger partial charge >= 0.3 is 0 Å². The summed E-state index contributed by atoms with van der Waals surface area (Å²) in [4.78, 5) is 5.16. The van der Waals surface area contributed by atoms with E-state index in [-0.39, 0.29) is 27.9 Å². The van der Waals surface area contributed by atoms with E-state index in [1.165, 1.54) is 0 Å². The maximum atomic E-state index is 9.78. The van der Waals surface area contributed by atoms with Gasteiger partial charge in [0.2, 0.25) is 0 Å². The number of hydrogen-bond donors (Lipinski definition) is 0. The molecule has 0 atom stereocenters. The minimum atomic E-state index is -0.885. The molecule has 12 aromatic rings. The number of para-hydroxylation sites is 3. The number of hydrogen-bond acceptors (Lipinski definition) is 2. The number of imidazole rings is 1. The lowest BCUT2D eigenvalue weighted by molar-refractivity contribution is -0.571. The zero-order valence-corrected chi connectivity index (χ0v) is 38.4. The number of nitrogens with zero attached hydrogens (tertiary/aromatic N) is 4. The van der Waals surface area contributed by atoms with Crippen LogP contribution in [-0.4, -0.2) is 14.1 Å². The van der Waals surface area contributed by atoms with Crippen LogP contribution in [0.3, 0.4) is 0 Å². The summed E-state index contributed by atoms with van der Waals surface area (Å²) in [6.07, 6.45) is 6.56. The van der Waals surface area contributed by atoms with Gasteiger partial charge < -0.3 is 4.74 Å². The van der Waals surface area contributed by atoms with Crippen LogP contribution in [0.25, 0.3) is 94.5 Å². The van der Waals surface area contributed by atoms with Crippen molar-refractivity contribution >= 4 is 32.8 Å². The fourth-order valence-electron chi connectivity index (χ4n) is 9.66.